The molecule has 0 aliphatic heterocycles. The van der Waals surface area contributed by atoms with Crippen LogP contribution < -0.4 is 10.9 Å². The highest BCUT2D eigenvalue weighted by atomic mass is 16.1. The van der Waals surface area contributed by atoms with Crippen LogP contribution in [0.5, 0.6) is 0 Å². The molecule has 0 fully saturated rings. The van der Waals surface area contributed by atoms with Crippen molar-refractivity contribution in [2.45, 2.75) is 26.8 Å². The molecule has 1 aromatic heterocycles. The molecule has 2 rings (SSSR count). The number of aryl methyl sites for hydroxylation is 2. The van der Waals surface area contributed by atoms with Crippen LogP contribution in [-0.2, 0) is 13.6 Å². The van der Waals surface area contributed by atoms with Gasteiger partial charge in [-0.1, -0.05) is 36.8 Å². The van der Waals surface area contributed by atoms with Crippen LogP contribution in [0.1, 0.15) is 24.5 Å². The second-order valence-electron chi connectivity index (χ2n) is 5.03. The molecule has 0 bridgehead atoms. The monoisotopic (exact) mass is 271 g/mol. The number of hydrogen-bond donors (Lipinski definition) is 1. The maximum Gasteiger partial charge on any atom is 0.271 e. The van der Waals surface area contributed by atoms with Gasteiger partial charge < -0.3 is 5.32 Å². The highest BCUT2D eigenvalue weighted by Gasteiger charge is 2.07. The van der Waals surface area contributed by atoms with Crippen LogP contribution in [0.15, 0.2) is 35.1 Å². The average Bonchev–Trinajstić information content (AvgIpc) is 2.44. The Morgan fingerprint density at radius 2 is 1.95 bits per heavy atom. The molecule has 0 saturated carbocycles. The van der Waals surface area contributed by atoms with Crippen molar-refractivity contribution in [3.8, 4) is 11.3 Å². The summed E-state index contributed by atoms with van der Waals surface area (Å²) in [5, 5.41) is 7.60. The molecule has 0 atom stereocenters. The minimum atomic E-state index is -0.0375. The quantitative estimate of drug-likeness (QED) is 0.849. The summed E-state index contributed by atoms with van der Waals surface area (Å²) < 4.78 is 1.41. The summed E-state index contributed by atoms with van der Waals surface area (Å²) in [6, 6.07) is 10.1. The molecule has 0 aliphatic carbocycles. The molecule has 0 aliphatic rings. The van der Waals surface area contributed by atoms with E-state index >= 15 is 0 Å². The van der Waals surface area contributed by atoms with Crippen molar-refractivity contribution in [1.29, 1.82) is 0 Å². The Hall–Kier alpha value is -1.94. The van der Waals surface area contributed by atoms with Crippen molar-refractivity contribution >= 4 is 0 Å². The maximum absolute atomic E-state index is 12.1. The summed E-state index contributed by atoms with van der Waals surface area (Å²) >= 11 is 0. The summed E-state index contributed by atoms with van der Waals surface area (Å²) in [4.78, 5) is 12.1. The Bertz CT molecular complexity index is 629. The Balaban J connectivity index is 2.35. The second kappa shape index (κ2) is 6.48. The van der Waals surface area contributed by atoms with E-state index in [1.165, 1.54) is 10.2 Å². The molecule has 1 aromatic carbocycles. The molecule has 20 heavy (non-hydrogen) atoms. The normalized spacial score (nSPS) is 10.8. The van der Waals surface area contributed by atoms with Crippen LogP contribution in [0, 0.1) is 6.92 Å². The zero-order chi connectivity index (χ0) is 14.5. The fourth-order valence-corrected chi connectivity index (χ4v) is 2.06. The van der Waals surface area contributed by atoms with Gasteiger partial charge in [0.25, 0.3) is 5.56 Å². The average molecular weight is 271 g/mol. The topological polar surface area (TPSA) is 46.9 Å². The fraction of sp³-hybridized carbons (Fsp3) is 0.375. The van der Waals surface area contributed by atoms with Gasteiger partial charge in [0, 0.05) is 24.7 Å². The molecule has 0 saturated heterocycles. The van der Waals surface area contributed by atoms with Crippen molar-refractivity contribution in [1.82, 2.24) is 15.1 Å². The van der Waals surface area contributed by atoms with Gasteiger partial charge in [0.2, 0.25) is 0 Å². The lowest BCUT2D eigenvalue weighted by Crippen LogP contribution is -2.27. The zero-order valence-electron chi connectivity index (χ0n) is 12.3. The van der Waals surface area contributed by atoms with E-state index in [1.54, 1.807) is 7.05 Å². The van der Waals surface area contributed by atoms with Crippen molar-refractivity contribution in [2.75, 3.05) is 6.54 Å². The minimum Gasteiger partial charge on any atom is -0.312 e. The third kappa shape index (κ3) is 3.33. The minimum absolute atomic E-state index is 0.0375. The van der Waals surface area contributed by atoms with Crippen molar-refractivity contribution in [3.05, 3.63) is 51.8 Å². The third-order valence-corrected chi connectivity index (χ3v) is 3.23. The molecule has 0 unspecified atom stereocenters. The van der Waals surface area contributed by atoms with Crippen LogP contribution in [0.4, 0.5) is 0 Å². The van der Waals surface area contributed by atoms with Gasteiger partial charge in [0.05, 0.1) is 5.69 Å². The van der Waals surface area contributed by atoms with Gasteiger partial charge >= 0.3 is 0 Å². The Labute approximate surface area is 119 Å². The first-order valence-electron chi connectivity index (χ1n) is 6.97. The first-order chi connectivity index (χ1) is 9.61. The van der Waals surface area contributed by atoms with Crippen molar-refractivity contribution in [3.63, 3.8) is 0 Å². The zero-order valence-corrected chi connectivity index (χ0v) is 12.3. The molecular formula is C16H21N3O. The van der Waals surface area contributed by atoms with Gasteiger partial charge in [-0.15, -0.1) is 0 Å². The molecule has 1 N–H and O–H groups in total. The largest absolute Gasteiger partial charge is 0.312 e. The van der Waals surface area contributed by atoms with E-state index < -0.39 is 0 Å². The highest BCUT2D eigenvalue weighted by Crippen LogP contribution is 2.17. The highest BCUT2D eigenvalue weighted by molar-refractivity contribution is 5.59. The second-order valence-corrected chi connectivity index (χ2v) is 5.03. The lowest BCUT2D eigenvalue weighted by Gasteiger charge is -2.08. The van der Waals surface area contributed by atoms with Gasteiger partial charge in [0.15, 0.2) is 0 Å². The van der Waals surface area contributed by atoms with Crippen LogP contribution in [0.25, 0.3) is 11.3 Å². The molecule has 0 amide bonds. The lowest BCUT2D eigenvalue weighted by molar-refractivity contribution is 0.643. The molecule has 4 nitrogen and oxygen atoms in total. The van der Waals surface area contributed by atoms with Crippen LogP contribution in [0.3, 0.4) is 0 Å². The smallest absolute Gasteiger partial charge is 0.271 e. The summed E-state index contributed by atoms with van der Waals surface area (Å²) in [5.74, 6) is 0. The standard InChI is InChI=1S/C16H21N3O/c1-4-9-17-11-14-10-15(18-19(3)16(14)20)13-7-5-12(2)6-8-13/h5-8,10,17H,4,9,11H2,1-3H3. The SMILES string of the molecule is CCCNCc1cc(-c2ccc(C)cc2)nn(C)c1=O. The Kier molecular flexibility index (Phi) is 4.69. The first kappa shape index (κ1) is 14.5. The fourth-order valence-electron chi connectivity index (χ4n) is 2.06. The van der Waals surface area contributed by atoms with Crippen LogP contribution >= 0.6 is 0 Å². The number of nitrogens with one attached hydrogen (secondary N) is 1. The molecule has 0 spiro atoms. The van der Waals surface area contributed by atoms with E-state index in [-0.39, 0.29) is 5.56 Å². The molecule has 4 heteroatoms. The van der Waals surface area contributed by atoms with Gasteiger partial charge in [-0.05, 0) is 26.0 Å². The van der Waals surface area contributed by atoms with Gasteiger partial charge in [0.1, 0.15) is 0 Å². The molecule has 2 aromatic rings. The van der Waals surface area contributed by atoms with Crippen molar-refractivity contribution in [2.24, 2.45) is 7.05 Å². The van der Waals surface area contributed by atoms with Gasteiger partial charge in [-0.25, -0.2) is 4.68 Å². The van der Waals surface area contributed by atoms with Crippen LogP contribution in [-0.4, -0.2) is 16.3 Å². The van der Waals surface area contributed by atoms with E-state index in [0.29, 0.717) is 6.54 Å². The Morgan fingerprint density at radius 1 is 1.25 bits per heavy atom. The van der Waals surface area contributed by atoms with E-state index in [2.05, 4.69) is 36.4 Å². The number of benzene rings is 1. The van der Waals surface area contributed by atoms with Crippen LogP contribution in [0.2, 0.25) is 0 Å². The predicted molar refractivity (Wildman–Crippen MR) is 81.6 cm³/mol. The number of hydrogen-bond acceptors (Lipinski definition) is 3. The molecule has 1 heterocycles. The van der Waals surface area contributed by atoms with Gasteiger partial charge in [-0.2, -0.15) is 5.10 Å². The first-order valence-corrected chi connectivity index (χ1v) is 6.97. The summed E-state index contributed by atoms with van der Waals surface area (Å²) in [6.45, 7) is 5.65. The number of rotatable bonds is 5. The van der Waals surface area contributed by atoms with Crippen molar-refractivity contribution < 1.29 is 0 Å². The number of aromatic nitrogens is 2. The third-order valence-electron chi connectivity index (χ3n) is 3.23. The van der Waals surface area contributed by atoms with E-state index in [9.17, 15) is 4.79 Å². The number of nitrogens with zero attached hydrogens (tertiary/aromatic N) is 2. The summed E-state index contributed by atoms with van der Waals surface area (Å²) in [5.41, 5.74) is 3.79. The summed E-state index contributed by atoms with van der Waals surface area (Å²) in [6.07, 6.45) is 1.05. The van der Waals surface area contributed by atoms with E-state index in [0.717, 1.165) is 29.8 Å². The Morgan fingerprint density at radius 3 is 2.60 bits per heavy atom. The predicted octanol–water partition coefficient (Wildman–Crippen LogP) is 2.26. The van der Waals surface area contributed by atoms with E-state index in [1.807, 2.05) is 18.2 Å². The lowest BCUT2D eigenvalue weighted by atomic mass is 10.1. The molecule has 106 valence electrons. The maximum atomic E-state index is 12.1. The van der Waals surface area contributed by atoms with E-state index in [4.69, 9.17) is 0 Å². The molecular weight excluding hydrogens is 250 g/mol. The summed E-state index contributed by atoms with van der Waals surface area (Å²) in [7, 11) is 1.70. The van der Waals surface area contributed by atoms with Gasteiger partial charge in [-0.3, -0.25) is 4.79 Å². The molecule has 0 radical (unpaired) electrons.